The molecule has 1 aromatic heterocycles. The number of pyridine rings is 1. The molecule has 21 heavy (non-hydrogen) atoms. The minimum Gasteiger partial charge on any atom is -0.314 e. The average Bonchev–Trinajstić information content (AvgIpc) is 3.30. The zero-order valence-electron chi connectivity index (χ0n) is 13.2. The van der Waals surface area contributed by atoms with Crippen LogP contribution in [0.3, 0.4) is 0 Å². The Balaban J connectivity index is 1.76. The van der Waals surface area contributed by atoms with E-state index in [9.17, 15) is 4.39 Å². The molecule has 3 atom stereocenters. The SMILES string of the molecule is CC(C)C1CCC(CNC2CC2)C(c2ccncc2F)C1. The topological polar surface area (TPSA) is 24.9 Å². The molecule has 0 aromatic carbocycles. The molecule has 3 rings (SSSR count). The summed E-state index contributed by atoms with van der Waals surface area (Å²) in [7, 11) is 0. The van der Waals surface area contributed by atoms with Crippen LogP contribution in [-0.2, 0) is 0 Å². The summed E-state index contributed by atoms with van der Waals surface area (Å²) in [6.07, 6.45) is 9.37. The van der Waals surface area contributed by atoms with Crippen LogP contribution in [0.2, 0.25) is 0 Å². The van der Waals surface area contributed by atoms with Crippen LogP contribution >= 0.6 is 0 Å². The highest BCUT2D eigenvalue weighted by Crippen LogP contribution is 2.43. The minimum atomic E-state index is -0.122. The van der Waals surface area contributed by atoms with E-state index in [1.807, 2.05) is 6.07 Å². The Bertz CT molecular complexity index is 470. The van der Waals surface area contributed by atoms with E-state index >= 15 is 0 Å². The smallest absolute Gasteiger partial charge is 0.144 e. The van der Waals surface area contributed by atoms with Crippen molar-refractivity contribution in [2.45, 2.75) is 57.9 Å². The van der Waals surface area contributed by atoms with E-state index in [-0.39, 0.29) is 5.82 Å². The lowest BCUT2D eigenvalue weighted by Crippen LogP contribution is -2.34. The summed E-state index contributed by atoms with van der Waals surface area (Å²) in [5, 5.41) is 3.65. The molecule has 0 radical (unpaired) electrons. The Hall–Kier alpha value is -0.960. The largest absolute Gasteiger partial charge is 0.314 e. The molecular formula is C18H27FN2. The Kier molecular flexibility index (Phi) is 4.58. The number of nitrogens with zero attached hydrogens (tertiary/aromatic N) is 1. The first-order valence-corrected chi connectivity index (χ1v) is 8.48. The molecule has 116 valence electrons. The van der Waals surface area contributed by atoms with E-state index in [4.69, 9.17) is 0 Å². The van der Waals surface area contributed by atoms with Crippen molar-refractivity contribution < 1.29 is 4.39 Å². The molecule has 1 aromatic rings. The van der Waals surface area contributed by atoms with Crippen LogP contribution in [0.15, 0.2) is 18.5 Å². The Morgan fingerprint density at radius 1 is 1.29 bits per heavy atom. The maximum Gasteiger partial charge on any atom is 0.144 e. The van der Waals surface area contributed by atoms with Crippen molar-refractivity contribution in [2.75, 3.05) is 6.54 Å². The Labute approximate surface area is 127 Å². The summed E-state index contributed by atoms with van der Waals surface area (Å²) >= 11 is 0. The molecule has 0 bridgehead atoms. The molecule has 2 aliphatic carbocycles. The lowest BCUT2D eigenvalue weighted by Gasteiger charge is -2.38. The van der Waals surface area contributed by atoms with Crippen molar-refractivity contribution in [2.24, 2.45) is 17.8 Å². The fraction of sp³-hybridized carbons (Fsp3) is 0.722. The highest BCUT2D eigenvalue weighted by atomic mass is 19.1. The first-order valence-electron chi connectivity index (χ1n) is 8.48. The lowest BCUT2D eigenvalue weighted by atomic mass is 9.68. The highest BCUT2D eigenvalue weighted by molar-refractivity contribution is 5.20. The van der Waals surface area contributed by atoms with Crippen molar-refractivity contribution in [3.63, 3.8) is 0 Å². The van der Waals surface area contributed by atoms with Gasteiger partial charge in [0.15, 0.2) is 0 Å². The zero-order valence-corrected chi connectivity index (χ0v) is 13.2. The molecule has 2 saturated carbocycles. The molecule has 3 heteroatoms. The fourth-order valence-corrected chi connectivity index (χ4v) is 3.79. The van der Waals surface area contributed by atoms with E-state index in [0.29, 0.717) is 17.8 Å². The van der Waals surface area contributed by atoms with Crippen LogP contribution in [0.25, 0.3) is 0 Å². The molecule has 0 saturated heterocycles. The molecule has 0 spiro atoms. The van der Waals surface area contributed by atoms with Gasteiger partial charge < -0.3 is 5.32 Å². The molecular weight excluding hydrogens is 263 g/mol. The summed E-state index contributed by atoms with van der Waals surface area (Å²) in [5.74, 6) is 2.20. The summed E-state index contributed by atoms with van der Waals surface area (Å²) < 4.78 is 14.2. The predicted molar refractivity (Wildman–Crippen MR) is 83.6 cm³/mol. The Morgan fingerprint density at radius 2 is 2.10 bits per heavy atom. The van der Waals surface area contributed by atoms with Gasteiger partial charge in [0.2, 0.25) is 0 Å². The van der Waals surface area contributed by atoms with Gasteiger partial charge in [-0.05, 0) is 74.0 Å². The molecule has 3 unspecified atom stereocenters. The number of hydrogen-bond donors (Lipinski definition) is 1. The van der Waals surface area contributed by atoms with Crippen LogP contribution in [0, 0.1) is 23.6 Å². The van der Waals surface area contributed by atoms with Crippen molar-refractivity contribution in [3.8, 4) is 0 Å². The van der Waals surface area contributed by atoms with Gasteiger partial charge in [-0.25, -0.2) is 4.39 Å². The van der Waals surface area contributed by atoms with Gasteiger partial charge in [-0.3, -0.25) is 4.98 Å². The van der Waals surface area contributed by atoms with Gasteiger partial charge in [-0.1, -0.05) is 13.8 Å². The van der Waals surface area contributed by atoms with Gasteiger partial charge >= 0.3 is 0 Å². The maximum atomic E-state index is 14.2. The van der Waals surface area contributed by atoms with Gasteiger partial charge in [-0.15, -0.1) is 0 Å². The van der Waals surface area contributed by atoms with E-state index in [2.05, 4.69) is 24.1 Å². The molecule has 2 aliphatic rings. The van der Waals surface area contributed by atoms with Gasteiger partial charge in [0.05, 0.1) is 6.20 Å². The van der Waals surface area contributed by atoms with Crippen LogP contribution in [0.5, 0.6) is 0 Å². The third kappa shape index (κ3) is 3.63. The zero-order chi connectivity index (χ0) is 14.8. The summed E-state index contributed by atoms with van der Waals surface area (Å²) in [5.41, 5.74) is 0.887. The number of halogens is 1. The van der Waals surface area contributed by atoms with Crippen molar-refractivity contribution >= 4 is 0 Å². The molecule has 1 heterocycles. The quantitative estimate of drug-likeness (QED) is 0.882. The third-order valence-electron chi connectivity index (χ3n) is 5.43. The molecule has 0 aliphatic heterocycles. The van der Waals surface area contributed by atoms with Crippen molar-refractivity contribution in [1.29, 1.82) is 0 Å². The van der Waals surface area contributed by atoms with Gasteiger partial charge in [0.1, 0.15) is 5.82 Å². The van der Waals surface area contributed by atoms with E-state index in [0.717, 1.165) is 30.5 Å². The molecule has 2 nitrogen and oxygen atoms in total. The van der Waals surface area contributed by atoms with Crippen molar-refractivity contribution in [1.82, 2.24) is 10.3 Å². The molecule has 0 amide bonds. The lowest BCUT2D eigenvalue weighted by molar-refractivity contribution is 0.187. The third-order valence-corrected chi connectivity index (χ3v) is 5.43. The van der Waals surface area contributed by atoms with E-state index in [1.54, 1.807) is 6.20 Å². The predicted octanol–water partition coefficient (Wildman–Crippen LogP) is 4.13. The van der Waals surface area contributed by atoms with E-state index < -0.39 is 0 Å². The average molecular weight is 290 g/mol. The van der Waals surface area contributed by atoms with Crippen LogP contribution < -0.4 is 5.32 Å². The summed E-state index contributed by atoms with van der Waals surface area (Å²) in [6.45, 7) is 5.64. The van der Waals surface area contributed by atoms with Gasteiger partial charge in [-0.2, -0.15) is 0 Å². The monoisotopic (exact) mass is 290 g/mol. The molecule has 1 N–H and O–H groups in total. The summed E-state index contributed by atoms with van der Waals surface area (Å²) in [6, 6.07) is 2.63. The van der Waals surface area contributed by atoms with Crippen LogP contribution in [0.4, 0.5) is 4.39 Å². The van der Waals surface area contributed by atoms with Gasteiger partial charge in [0.25, 0.3) is 0 Å². The second kappa shape index (κ2) is 6.43. The number of nitrogens with one attached hydrogen (secondary N) is 1. The van der Waals surface area contributed by atoms with Crippen molar-refractivity contribution in [3.05, 3.63) is 29.8 Å². The van der Waals surface area contributed by atoms with Crippen LogP contribution in [0.1, 0.15) is 57.4 Å². The fourth-order valence-electron chi connectivity index (χ4n) is 3.79. The number of hydrogen-bond acceptors (Lipinski definition) is 2. The standard InChI is InChI=1S/C18H27FN2/c1-12(2)13-3-4-14(10-21-15-5-6-15)17(9-13)16-7-8-20-11-18(16)19/h7-8,11-15,17,21H,3-6,9-10H2,1-2H3. The van der Waals surface area contributed by atoms with Crippen LogP contribution in [-0.4, -0.2) is 17.6 Å². The molecule has 2 fully saturated rings. The first kappa shape index (κ1) is 15.0. The normalized spacial score (nSPS) is 29.8. The second-order valence-electron chi connectivity index (χ2n) is 7.26. The Morgan fingerprint density at radius 3 is 2.76 bits per heavy atom. The van der Waals surface area contributed by atoms with Gasteiger partial charge in [0, 0.05) is 12.2 Å². The summed E-state index contributed by atoms with van der Waals surface area (Å²) in [4.78, 5) is 3.91. The number of rotatable bonds is 5. The highest BCUT2D eigenvalue weighted by Gasteiger charge is 2.35. The van der Waals surface area contributed by atoms with E-state index in [1.165, 1.54) is 31.9 Å². The maximum absolute atomic E-state index is 14.2. The minimum absolute atomic E-state index is 0.122. The number of aromatic nitrogens is 1. The first-order chi connectivity index (χ1) is 10.1. The second-order valence-corrected chi connectivity index (χ2v) is 7.26.